The van der Waals surface area contributed by atoms with Gasteiger partial charge in [0, 0.05) is 11.1 Å². The molecule has 0 unspecified atom stereocenters. The Morgan fingerprint density at radius 2 is 1.30 bits per heavy atom. The second-order valence-corrected chi connectivity index (χ2v) is 4.03. The van der Waals surface area contributed by atoms with Gasteiger partial charge >= 0.3 is 6.18 Å². The van der Waals surface area contributed by atoms with E-state index < -0.39 is 17.6 Å². The average Bonchev–Trinajstić information content (AvgIpc) is 2.41. The molecule has 2 aromatic carbocycles. The van der Waals surface area contributed by atoms with E-state index in [0.29, 0.717) is 11.1 Å². The number of benzene rings is 2. The molecule has 0 amide bonds. The van der Waals surface area contributed by atoms with Crippen molar-refractivity contribution in [3.63, 3.8) is 0 Å². The minimum atomic E-state index is -4.43. The topological polar surface area (TPSA) is 32.6 Å². The maximum Gasteiger partial charge on any atom is 0.416 e. The predicted octanol–water partition coefficient (Wildman–Crippen LogP) is 4.07. The largest absolute Gasteiger partial charge is 0.416 e. The van der Waals surface area contributed by atoms with Crippen LogP contribution in [0, 0.1) is 5.82 Å². The maximum absolute atomic E-state index is 12.8. The lowest BCUT2D eigenvalue weighted by Gasteiger charge is -2.09. The lowest BCUT2D eigenvalue weighted by Crippen LogP contribution is -2.07. The number of nitrogens with zero attached hydrogens (tertiary/aromatic N) is 1. The summed E-state index contributed by atoms with van der Waals surface area (Å²) in [5.41, 5.74) is -0.0304. The van der Waals surface area contributed by atoms with Crippen molar-refractivity contribution in [3.05, 3.63) is 71.0 Å². The number of hydrogen-bond acceptors (Lipinski definition) is 2. The first kappa shape index (κ1) is 14.0. The fourth-order valence-corrected chi connectivity index (χ4v) is 1.71. The van der Waals surface area contributed by atoms with Crippen molar-refractivity contribution in [2.45, 2.75) is 6.18 Å². The highest BCUT2D eigenvalue weighted by atomic mass is 19.4. The molecule has 0 aliphatic heterocycles. The van der Waals surface area contributed by atoms with Gasteiger partial charge in [0.15, 0.2) is 0 Å². The Morgan fingerprint density at radius 1 is 0.850 bits per heavy atom. The zero-order chi connectivity index (χ0) is 14.8. The van der Waals surface area contributed by atoms with E-state index in [1.54, 1.807) is 0 Å². The molecule has 0 aromatic heterocycles. The fourth-order valence-electron chi connectivity index (χ4n) is 1.71. The van der Waals surface area contributed by atoms with Gasteiger partial charge in [-0.15, -0.1) is 0 Å². The lowest BCUT2D eigenvalue weighted by molar-refractivity contribution is -0.137. The fraction of sp³-hybridized carbons (Fsp3) is 0.0714. The van der Waals surface area contributed by atoms with Crippen LogP contribution in [0.3, 0.4) is 0 Å². The summed E-state index contributed by atoms with van der Waals surface area (Å²) in [5.74, 6) is -0.460. The summed E-state index contributed by atoms with van der Waals surface area (Å²) in [5, 5.41) is 12.1. The van der Waals surface area contributed by atoms with E-state index in [0.717, 1.165) is 12.1 Å². The van der Waals surface area contributed by atoms with Crippen molar-refractivity contribution in [3.8, 4) is 0 Å². The summed E-state index contributed by atoms with van der Waals surface area (Å²) in [7, 11) is 0. The quantitative estimate of drug-likeness (QED) is 0.383. The van der Waals surface area contributed by atoms with Crippen molar-refractivity contribution in [2.24, 2.45) is 5.16 Å². The van der Waals surface area contributed by atoms with Crippen molar-refractivity contribution in [2.75, 3.05) is 0 Å². The Hall–Kier alpha value is -2.37. The first-order chi connectivity index (χ1) is 9.41. The zero-order valence-corrected chi connectivity index (χ0v) is 10.0. The molecule has 0 spiro atoms. The molecule has 2 aromatic rings. The number of oxime groups is 1. The number of rotatable bonds is 2. The van der Waals surface area contributed by atoms with Gasteiger partial charge in [-0.05, 0) is 36.4 Å². The van der Waals surface area contributed by atoms with E-state index in [1.807, 2.05) is 0 Å². The molecule has 0 aliphatic carbocycles. The Morgan fingerprint density at radius 3 is 1.70 bits per heavy atom. The van der Waals surface area contributed by atoms with E-state index in [4.69, 9.17) is 5.21 Å². The molecular formula is C14H9F4NO. The average molecular weight is 283 g/mol. The van der Waals surface area contributed by atoms with Crippen molar-refractivity contribution < 1.29 is 22.8 Å². The number of hydrogen-bond donors (Lipinski definition) is 1. The monoisotopic (exact) mass is 283 g/mol. The van der Waals surface area contributed by atoms with Crippen molar-refractivity contribution >= 4 is 5.71 Å². The molecule has 2 rings (SSSR count). The standard InChI is InChI=1S/C14H9F4NO/c15-12-7-3-10(4-8-12)13(19-20)9-1-5-11(6-2-9)14(16,17)18/h1-8,20H/b19-13-. The van der Waals surface area contributed by atoms with E-state index in [1.165, 1.54) is 36.4 Å². The molecule has 6 heteroatoms. The molecule has 0 saturated heterocycles. The van der Waals surface area contributed by atoms with Crippen LogP contribution in [0.15, 0.2) is 53.7 Å². The van der Waals surface area contributed by atoms with Gasteiger partial charge < -0.3 is 5.21 Å². The van der Waals surface area contributed by atoms with Gasteiger partial charge in [-0.2, -0.15) is 13.2 Å². The molecule has 0 fully saturated rings. The third-order valence-corrected chi connectivity index (χ3v) is 2.70. The summed E-state index contributed by atoms with van der Waals surface area (Å²) in [4.78, 5) is 0. The molecule has 0 heterocycles. The highest BCUT2D eigenvalue weighted by Gasteiger charge is 2.30. The van der Waals surface area contributed by atoms with Crippen LogP contribution in [0.1, 0.15) is 16.7 Å². The summed E-state index contributed by atoms with van der Waals surface area (Å²) >= 11 is 0. The molecular weight excluding hydrogens is 274 g/mol. The highest BCUT2D eigenvalue weighted by molar-refractivity contribution is 6.12. The molecule has 1 N–H and O–H groups in total. The lowest BCUT2D eigenvalue weighted by atomic mass is 10.0. The molecule has 0 radical (unpaired) electrons. The zero-order valence-electron chi connectivity index (χ0n) is 10.0. The van der Waals surface area contributed by atoms with Crippen LogP contribution in [-0.2, 0) is 6.18 Å². The van der Waals surface area contributed by atoms with E-state index in [9.17, 15) is 17.6 Å². The third-order valence-electron chi connectivity index (χ3n) is 2.70. The summed E-state index contributed by atoms with van der Waals surface area (Å²) in [6.07, 6.45) is -4.43. The van der Waals surface area contributed by atoms with Crippen LogP contribution in [-0.4, -0.2) is 10.9 Å². The van der Waals surface area contributed by atoms with Gasteiger partial charge in [0.1, 0.15) is 11.5 Å². The van der Waals surface area contributed by atoms with Gasteiger partial charge in [-0.25, -0.2) is 4.39 Å². The van der Waals surface area contributed by atoms with Crippen LogP contribution in [0.25, 0.3) is 0 Å². The Bertz CT molecular complexity index is 615. The molecule has 0 atom stereocenters. The smallest absolute Gasteiger partial charge is 0.410 e. The van der Waals surface area contributed by atoms with Gasteiger partial charge in [0.25, 0.3) is 0 Å². The minimum Gasteiger partial charge on any atom is -0.410 e. The molecule has 0 bridgehead atoms. The van der Waals surface area contributed by atoms with Crippen molar-refractivity contribution in [1.29, 1.82) is 0 Å². The number of alkyl halides is 3. The maximum atomic E-state index is 12.8. The Balaban J connectivity index is 2.36. The molecule has 2 nitrogen and oxygen atoms in total. The van der Waals surface area contributed by atoms with Gasteiger partial charge in [-0.1, -0.05) is 17.3 Å². The van der Waals surface area contributed by atoms with Gasteiger partial charge in [0.2, 0.25) is 0 Å². The summed E-state index contributed by atoms with van der Waals surface area (Å²) in [6.45, 7) is 0. The van der Waals surface area contributed by atoms with E-state index >= 15 is 0 Å². The minimum absolute atomic E-state index is 0.0683. The van der Waals surface area contributed by atoms with Crippen LogP contribution < -0.4 is 0 Å². The Labute approximate surface area is 112 Å². The van der Waals surface area contributed by atoms with Crippen LogP contribution in [0.4, 0.5) is 17.6 Å². The highest BCUT2D eigenvalue weighted by Crippen LogP contribution is 2.29. The number of halogens is 4. The predicted molar refractivity (Wildman–Crippen MR) is 65.3 cm³/mol. The van der Waals surface area contributed by atoms with E-state index in [-0.39, 0.29) is 5.71 Å². The van der Waals surface area contributed by atoms with Gasteiger partial charge in [0.05, 0.1) is 5.56 Å². The Kier molecular flexibility index (Phi) is 3.74. The third kappa shape index (κ3) is 2.96. The molecule has 0 saturated carbocycles. The van der Waals surface area contributed by atoms with Gasteiger partial charge in [-0.3, -0.25) is 0 Å². The molecule has 0 aliphatic rings. The SMILES string of the molecule is O/N=C(\c1ccc(F)cc1)c1ccc(C(F)(F)F)cc1. The van der Waals surface area contributed by atoms with E-state index in [2.05, 4.69) is 5.16 Å². The second kappa shape index (κ2) is 5.32. The van der Waals surface area contributed by atoms with Crippen molar-refractivity contribution in [1.82, 2.24) is 0 Å². The molecule has 20 heavy (non-hydrogen) atoms. The van der Waals surface area contributed by atoms with Crippen LogP contribution in [0.2, 0.25) is 0 Å². The second-order valence-electron chi connectivity index (χ2n) is 4.03. The molecule has 104 valence electrons. The first-order valence-corrected chi connectivity index (χ1v) is 5.57. The van der Waals surface area contributed by atoms with Crippen LogP contribution in [0.5, 0.6) is 0 Å². The normalized spacial score (nSPS) is 12.5. The first-order valence-electron chi connectivity index (χ1n) is 5.57. The van der Waals surface area contributed by atoms with Crippen LogP contribution >= 0.6 is 0 Å². The summed E-state index contributed by atoms with van der Waals surface area (Å²) in [6, 6.07) is 9.27. The summed E-state index contributed by atoms with van der Waals surface area (Å²) < 4.78 is 50.2.